The summed E-state index contributed by atoms with van der Waals surface area (Å²) in [5.74, 6) is 0.522. The fraction of sp³-hybridized carbons (Fsp3) is 0.242. The molecule has 0 aliphatic carbocycles. The van der Waals surface area contributed by atoms with E-state index < -0.39 is 0 Å². The molecule has 1 N–H and O–H groups in total. The lowest BCUT2D eigenvalue weighted by Gasteiger charge is -2.45. The van der Waals surface area contributed by atoms with Crippen LogP contribution in [0.5, 0.6) is 0 Å². The molecule has 38 heavy (non-hydrogen) atoms. The number of rotatable bonds is 9. The zero-order valence-electron chi connectivity index (χ0n) is 21.5. The summed E-state index contributed by atoms with van der Waals surface area (Å²) in [7, 11) is 0. The number of carbonyl (C=O) groups is 1. The minimum atomic E-state index is -0.137. The average Bonchev–Trinajstić information content (AvgIpc) is 2.99. The molecule has 4 nitrogen and oxygen atoms in total. The van der Waals surface area contributed by atoms with Crippen LogP contribution in [0.3, 0.4) is 0 Å². The lowest BCUT2D eigenvalue weighted by molar-refractivity contribution is -0.132. The van der Waals surface area contributed by atoms with Crippen molar-refractivity contribution in [2.75, 3.05) is 32.0 Å². The minimum Gasteiger partial charge on any atom is -0.395 e. The Hall–Kier alpha value is -3.38. The highest BCUT2D eigenvalue weighted by Gasteiger charge is 2.35. The number of carbonyl (C=O) groups excluding carboxylic acids is 1. The summed E-state index contributed by atoms with van der Waals surface area (Å²) in [4.78, 5) is 17.7. The number of amides is 1. The third-order valence-electron chi connectivity index (χ3n) is 7.23. The molecule has 1 saturated heterocycles. The van der Waals surface area contributed by atoms with Crippen molar-refractivity contribution in [3.63, 3.8) is 0 Å². The number of thioether (sulfide) groups is 1. The van der Waals surface area contributed by atoms with Gasteiger partial charge in [-0.15, -0.1) is 11.8 Å². The molecule has 0 bridgehead atoms. The van der Waals surface area contributed by atoms with Crippen molar-refractivity contribution in [2.45, 2.75) is 17.3 Å². The van der Waals surface area contributed by atoms with E-state index in [0.29, 0.717) is 25.4 Å². The predicted octanol–water partition coefficient (Wildman–Crippen LogP) is 5.80. The first-order chi connectivity index (χ1) is 18.7. The van der Waals surface area contributed by atoms with E-state index in [9.17, 15) is 9.90 Å². The maximum absolute atomic E-state index is 13.4. The van der Waals surface area contributed by atoms with Crippen LogP contribution in [0.15, 0.2) is 121 Å². The normalized spacial score (nSPS) is 16.2. The van der Waals surface area contributed by atoms with Gasteiger partial charge in [0.05, 0.1) is 29.7 Å². The number of aliphatic hydroxyl groups is 1. The molecule has 0 spiro atoms. The van der Waals surface area contributed by atoms with Gasteiger partial charge in [0.25, 0.3) is 0 Å². The van der Waals surface area contributed by atoms with Crippen molar-refractivity contribution in [3.05, 3.63) is 144 Å². The van der Waals surface area contributed by atoms with Crippen LogP contribution in [0.25, 0.3) is 0 Å². The van der Waals surface area contributed by atoms with Crippen LogP contribution in [0, 0.1) is 0 Å². The number of aliphatic hydroxyl groups excluding tert-OH is 1. The fourth-order valence-corrected chi connectivity index (χ4v) is 6.52. The van der Waals surface area contributed by atoms with Crippen LogP contribution in [-0.4, -0.2) is 58.8 Å². The van der Waals surface area contributed by atoms with E-state index in [1.54, 1.807) is 11.8 Å². The van der Waals surface area contributed by atoms with Gasteiger partial charge in [0, 0.05) is 19.6 Å². The van der Waals surface area contributed by atoms with Crippen molar-refractivity contribution in [3.8, 4) is 0 Å². The van der Waals surface area contributed by atoms with E-state index in [1.807, 2.05) is 29.2 Å². The Morgan fingerprint density at radius 1 is 0.711 bits per heavy atom. The van der Waals surface area contributed by atoms with Gasteiger partial charge in [-0.05, 0) is 22.3 Å². The minimum absolute atomic E-state index is 0.00372. The highest BCUT2D eigenvalue weighted by molar-refractivity contribution is 8.00. The average molecular weight is 523 g/mol. The standard InChI is InChI=1S/C33H34N2O2S/c36-24-30-23-34(21-22-35(30)32(26-13-5-1-6-14-26)27-15-7-2-8-16-27)31(37)25-38-33(28-17-9-3-10-18-28)29-19-11-4-12-20-29/h1-20,30,32-33,36H,21-25H2. The molecule has 1 aliphatic heterocycles. The Labute approximate surface area is 229 Å². The molecule has 194 valence electrons. The molecule has 4 aromatic carbocycles. The first-order valence-corrected chi connectivity index (χ1v) is 14.2. The zero-order valence-corrected chi connectivity index (χ0v) is 22.3. The molecule has 1 fully saturated rings. The molecular formula is C33H34N2O2S. The molecule has 1 aliphatic rings. The van der Waals surface area contributed by atoms with Crippen LogP contribution in [-0.2, 0) is 4.79 Å². The van der Waals surface area contributed by atoms with Crippen LogP contribution in [0.1, 0.15) is 33.5 Å². The van der Waals surface area contributed by atoms with Gasteiger partial charge < -0.3 is 10.0 Å². The first-order valence-electron chi connectivity index (χ1n) is 13.2. The zero-order chi connectivity index (χ0) is 26.2. The van der Waals surface area contributed by atoms with Crippen molar-refractivity contribution < 1.29 is 9.90 Å². The number of hydrogen-bond acceptors (Lipinski definition) is 4. The maximum atomic E-state index is 13.4. The van der Waals surface area contributed by atoms with E-state index in [2.05, 4.69) is 102 Å². The smallest absolute Gasteiger partial charge is 0.232 e. The monoisotopic (exact) mass is 522 g/mol. The van der Waals surface area contributed by atoms with Crippen LogP contribution in [0.4, 0.5) is 0 Å². The molecule has 1 heterocycles. The Balaban J connectivity index is 1.30. The SMILES string of the molecule is O=C(CSC(c1ccccc1)c1ccccc1)N1CCN(C(c2ccccc2)c2ccccc2)C(CO)C1. The van der Waals surface area contributed by atoms with Crippen molar-refractivity contribution >= 4 is 17.7 Å². The van der Waals surface area contributed by atoms with E-state index in [-0.39, 0.29) is 29.8 Å². The summed E-state index contributed by atoms with van der Waals surface area (Å²) in [6.45, 7) is 1.88. The lowest BCUT2D eigenvalue weighted by Crippen LogP contribution is -2.57. The number of piperazine rings is 1. The van der Waals surface area contributed by atoms with Gasteiger partial charge in [0.15, 0.2) is 0 Å². The number of benzene rings is 4. The highest BCUT2D eigenvalue weighted by Crippen LogP contribution is 2.36. The van der Waals surface area contributed by atoms with Crippen LogP contribution < -0.4 is 0 Å². The summed E-state index contributed by atoms with van der Waals surface area (Å²) in [5, 5.41) is 10.5. The number of hydrogen-bond donors (Lipinski definition) is 1. The third-order valence-corrected chi connectivity index (χ3v) is 8.52. The largest absolute Gasteiger partial charge is 0.395 e. The fourth-order valence-electron chi connectivity index (χ4n) is 5.33. The van der Waals surface area contributed by atoms with Gasteiger partial charge >= 0.3 is 0 Å². The summed E-state index contributed by atoms with van der Waals surface area (Å²) in [6, 6.07) is 41.5. The molecule has 0 saturated carbocycles. The van der Waals surface area contributed by atoms with Crippen LogP contribution >= 0.6 is 11.8 Å². The summed E-state index contributed by atoms with van der Waals surface area (Å²) in [5.41, 5.74) is 4.79. The van der Waals surface area contributed by atoms with Gasteiger partial charge in [-0.1, -0.05) is 121 Å². The van der Waals surface area contributed by atoms with E-state index in [1.165, 1.54) is 22.3 Å². The maximum Gasteiger partial charge on any atom is 0.232 e. The van der Waals surface area contributed by atoms with E-state index in [4.69, 9.17) is 0 Å². The molecule has 0 radical (unpaired) electrons. The Bertz CT molecular complexity index is 1190. The molecule has 1 unspecified atom stereocenters. The summed E-state index contributed by atoms with van der Waals surface area (Å²) >= 11 is 1.67. The third kappa shape index (κ3) is 6.18. The second kappa shape index (κ2) is 12.9. The summed E-state index contributed by atoms with van der Waals surface area (Å²) < 4.78 is 0. The Kier molecular flexibility index (Phi) is 8.92. The topological polar surface area (TPSA) is 43.8 Å². The second-order valence-electron chi connectivity index (χ2n) is 9.65. The van der Waals surface area contributed by atoms with E-state index >= 15 is 0 Å². The quantitative estimate of drug-likeness (QED) is 0.302. The van der Waals surface area contributed by atoms with Gasteiger partial charge in [-0.3, -0.25) is 9.69 Å². The van der Waals surface area contributed by atoms with E-state index in [0.717, 1.165) is 0 Å². The van der Waals surface area contributed by atoms with Gasteiger partial charge in [-0.25, -0.2) is 0 Å². The molecule has 5 rings (SSSR count). The van der Waals surface area contributed by atoms with Crippen LogP contribution in [0.2, 0.25) is 0 Å². The predicted molar refractivity (Wildman–Crippen MR) is 156 cm³/mol. The molecular weight excluding hydrogens is 488 g/mol. The highest BCUT2D eigenvalue weighted by atomic mass is 32.2. The van der Waals surface area contributed by atoms with Gasteiger partial charge in [0.1, 0.15) is 0 Å². The van der Waals surface area contributed by atoms with Crippen molar-refractivity contribution in [1.82, 2.24) is 9.80 Å². The molecule has 1 atom stereocenters. The Morgan fingerprint density at radius 2 is 1.16 bits per heavy atom. The second-order valence-corrected chi connectivity index (χ2v) is 10.7. The van der Waals surface area contributed by atoms with Crippen molar-refractivity contribution in [1.29, 1.82) is 0 Å². The lowest BCUT2D eigenvalue weighted by atomic mass is 9.94. The van der Waals surface area contributed by atoms with Gasteiger partial charge in [0.2, 0.25) is 5.91 Å². The molecule has 0 aromatic heterocycles. The first kappa shape index (κ1) is 26.2. The molecule has 5 heteroatoms. The van der Waals surface area contributed by atoms with Gasteiger partial charge in [-0.2, -0.15) is 0 Å². The Morgan fingerprint density at radius 3 is 1.61 bits per heavy atom. The summed E-state index contributed by atoms with van der Waals surface area (Å²) in [6.07, 6.45) is 0. The molecule has 1 amide bonds. The van der Waals surface area contributed by atoms with Crippen molar-refractivity contribution in [2.24, 2.45) is 0 Å². The number of nitrogens with zero attached hydrogens (tertiary/aromatic N) is 2. The molecule has 4 aromatic rings.